The molecule has 1 atom stereocenters. The maximum absolute atomic E-state index is 12.2. The molecule has 0 radical (unpaired) electrons. The second-order valence-electron chi connectivity index (χ2n) is 7.04. The summed E-state index contributed by atoms with van der Waals surface area (Å²) in [5.41, 5.74) is 0.867. The number of sulfonamides is 1. The van der Waals surface area contributed by atoms with E-state index in [1.165, 1.54) is 24.3 Å². The van der Waals surface area contributed by atoms with Crippen molar-refractivity contribution in [1.29, 1.82) is 0 Å². The molecule has 0 aliphatic heterocycles. The van der Waals surface area contributed by atoms with E-state index in [2.05, 4.69) is 10.0 Å². The fraction of sp³-hybridized carbons (Fsp3) is 0.381. The molecule has 0 fully saturated rings. The van der Waals surface area contributed by atoms with Crippen LogP contribution in [0.5, 0.6) is 11.5 Å². The van der Waals surface area contributed by atoms with Gasteiger partial charge in [-0.15, -0.1) is 0 Å². The Morgan fingerprint density at radius 1 is 1.03 bits per heavy atom. The number of amides is 1. The van der Waals surface area contributed by atoms with Crippen LogP contribution < -0.4 is 19.5 Å². The van der Waals surface area contributed by atoms with Gasteiger partial charge in [-0.3, -0.25) is 4.79 Å². The number of carbonyl (C=O) groups excluding carboxylic acids is 1. The van der Waals surface area contributed by atoms with E-state index in [9.17, 15) is 13.2 Å². The number of carbonyl (C=O) groups is 1. The van der Waals surface area contributed by atoms with Gasteiger partial charge in [-0.25, -0.2) is 13.1 Å². The van der Waals surface area contributed by atoms with E-state index < -0.39 is 10.0 Å². The summed E-state index contributed by atoms with van der Waals surface area (Å²) in [6.45, 7) is 5.90. The van der Waals surface area contributed by atoms with Crippen LogP contribution >= 0.6 is 0 Å². The first-order valence-electron chi connectivity index (χ1n) is 9.37. The van der Waals surface area contributed by atoms with Gasteiger partial charge in [0.05, 0.1) is 18.0 Å². The number of benzene rings is 2. The van der Waals surface area contributed by atoms with Crippen LogP contribution in [0.2, 0.25) is 0 Å². The smallest absolute Gasteiger partial charge is 0.258 e. The molecule has 2 N–H and O–H groups in total. The first-order chi connectivity index (χ1) is 13.7. The van der Waals surface area contributed by atoms with Crippen LogP contribution in [0.1, 0.15) is 32.4 Å². The predicted molar refractivity (Wildman–Crippen MR) is 112 cm³/mol. The highest BCUT2D eigenvalue weighted by molar-refractivity contribution is 7.89. The molecule has 0 aliphatic carbocycles. The minimum Gasteiger partial charge on any atom is -0.496 e. The summed E-state index contributed by atoms with van der Waals surface area (Å²) in [6.07, 6.45) is 0. The lowest BCUT2D eigenvalue weighted by atomic mass is 10.1. The molecule has 8 heteroatoms. The monoisotopic (exact) mass is 420 g/mol. The highest BCUT2D eigenvalue weighted by Gasteiger charge is 2.16. The van der Waals surface area contributed by atoms with Crippen molar-refractivity contribution in [2.45, 2.75) is 31.7 Å². The van der Waals surface area contributed by atoms with Crippen LogP contribution in [-0.2, 0) is 14.8 Å². The summed E-state index contributed by atoms with van der Waals surface area (Å²) in [6, 6.07) is 13.2. The molecule has 158 valence electrons. The molecule has 0 heterocycles. The van der Waals surface area contributed by atoms with Crippen molar-refractivity contribution in [3.05, 3.63) is 54.1 Å². The van der Waals surface area contributed by atoms with Gasteiger partial charge in [0.2, 0.25) is 10.0 Å². The van der Waals surface area contributed by atoms with Crippen molar-refractivity contribution >= 4 is 15.9 Å². The fourth-order valence-corrected chi connectivity index (χ4v) is 3.82. The number of hydrogen-bond acceptors (Lipinski definition) is 5. The Hall–Kier alpha value is -2.58. The first-order valence-corrected chi connectivity index (χ1v) is 10.9. The normalized spacial score (nSPS) is 12.4. The number of hydrogen-bond donors (Lipinski definition) is 2. The fourth-order valence-electron chi connectivity index (χ4n) is 2.61. The van der Waals surface area contributed by atoms with E-state index >= 15 is 0 Å². The van der Waals surface area contributed by atoms with Gasteiger partial charge >= 0.3 is 0 Å². The van der Waals surface area contributed by atoms with Crippen LogP contribution in [0, 0.1) is 5.92 Å². The third-order valence-electron chi connectivity index (χ3n) is 4.17. The topological polar surface area (TPSA) is 93.7 Å². The Bertz CT molecular complexity index is 911. The third kappa shape index (κ3) is 6.76. The highest BCUT2D eigenvalue weighted by atomic mass is 32.2. The van der Waals surface area contributed by atoms with Crippen molar-refractivity contribution in [2.75, 3.05) is 20.3 Å². The zero-order valence-corrected chi connectivity index (χ0v) is 18.0. The lowest BCUT2D eigenvalue weighted by Gasteiger charge is -2.17. The van der Waals surface area contributed by atoms with Gasteiger partial charge in [0.25, 0.3) is 5.91 Å². The molecule has 0 aromatic heterocycles. The summed E-state index contributed by atoms with van der Waals surface area (Å²) < 4.78 is 37.7. The Labute approximate surface area is 172 Å². The molecule has 2 aromatic rings. The molecule has 0 aliphatic rings. The molecule has 0 saturated heterocycles. The molecule has 2 aromatic carbocycles. The summed E-state index contributed by atoms with van der Waals surface area (Å²) in [5, 5.41) is 2.85. The zero-order chi connectivity index (χ0) is 21.4. The highest BCUT2D eigenvalue weighted by Crippen LogP contribution is 2.24. The molecular weight excluding hydrogens is 392 g/mol. The van der Waals surface area contributed by atoms with Crippen LogP contribution in [0.4, 0.5) is 0 Å². The van der Waals surface area contributed by atoms with E-state index in [1.54, 1.807) is 7.11 Å². The first kappa shape index (κ1) is 22.7. The molecule has 1 amide bonds. The predicted octanol–water partition coefficient (Wildman–Crippen LogP) is 2.89. The van der Waals surface area contributed by atoms with Crippen molar-refractivity contribution in [2.24, 2.45) is 5.92 Å². The zero-order valence-electron chi connectivity index (χ0n) is 17.1. The van der Waals surface area contributed by atoms with Gasteiger partial charge in [-0.2, -0.15) is 0 Å². The van der Waals surface area contributed by atoms with E-state index in [4.69, 9.17) is 9.47 Å². The number of nitrogens with one attached hydrogen (secondary N) is 2. The van der Waals surface area contributed by atoms with Gasteiger partial charge in [0.15, 0.2) is 6.61 Å². The molecule has 0 saturated carbocycles. The number of rotatable bonds is 10. The van der Waals surface area contributed by atoms with Crippen molar-refractivity contribution in [3.63, 3.8) is 0 Å². The number of ether oxygens (including phenoxy) is 2. The molecule has 0 unspecified atom stereocenters. The molecular formula is C21H28N2O5S. The lowest BCUT2D eigenvalue weighted by molar-refractivity contribution is -0.123. The standard InChI is InChI=1S/C21H28N2O5S/c1-15(2)13-22-29(25,26)18-11-9-17(10-12-18)28-14-21(24)23-16(3)19-7-5-6-8-20(19)27-4/h5-12,15-16,22H,13-14H2,1-4H3,(H,23,24)/t16-/m0/s1. The van der Waals surface area contributed by atoms with Crippen molar-refractivity contribution < 1.29 is 22.7 Å². The van der Waals surface area contributed by atoms with Gasteiger partial charge in [-0.1, -0.05) is 32.0 Å². The summed E-state index contributed by atoms with van der Waals surface area (Å²) in [5.74, 6) is 1.03. The van der Waals surface area contributed by atoms with Crippen LogP contribution in [0.3, 0.4) is 0 Å². The largest absolute Gasteiger partial charge is 0.496 e. The average molecular weight is 421 g/mol. The molecule has 2 rings (SSSR count). The van der Waals surface area contributed by atoms with Crippen molar-refractivity contribution in [3.8, 4) is 11.5 Å². The van der Waals surface area contributed by atoms with Gasteiger partial charge < -0.3 is 14.8 Å². The third-order valence-corrected chi connectivity index (χ3v) is 5.61. The van der Waals surface area contributed by atoms with Gasteiger partial charge in [0.1, 0.15) is 11.5 Å². The molecule has 0 spiro atoms. The summed E-state index contributed by atoms with van der Waals surface area (Å²) >= 11 is 0. The maximum atomic E-state index is 12.2. The Kier molecular flexibility index (Phi) is 8.04. The van der Waals surface area contributed by atoms with E-state index in [1.807, 2.05) is 45.0 Å². The minimum atomic E-state index is -3.55. The maximum Gasteiger partial charge on any atom is 0.258 e. The summed E-state index contributed by atoms with van der Waals surface area (Å²) in [7, 11) is -1.97. The van der Waals surface area contributed by atoms with Crippen LogP contribution in [0.15, 0.2) is 53.4 Å². The second kappa shape index (κ2) is 10.3. The van der Waals surface area contributed by atoms with Gasteiger partial charge in [0, 0.05) is 12.1 Å². The Morgan fingerprint density at radius 2 is 1.69 bits per heavy atom. The van der Waals surface area contributed by atoms with Crippen LogP contribution in [-0.4, -0.2) is 34.6 Å². The molecule has 29 heavy (non-hydrogen) atoms. The Balaban J connectivity index is 1.90. The van der Waals surface area contributed by atoms with Crippen molar-refractivity contribution in [1.82, 2.24) is 10.0 Å². The number of para-hydroxylation sites is 1. The Morgan fingerprint density at radius 3 is 2.31 bits per heavy atom. The molecule has 0 bridgehead atoms. The number of methoxy groups -OCH3 is 1. The quantitative estimate of drug-likeness (QED) is 0.616. The average Bonchev–Trinajstić information content (AvgIpc) is 2.71. The van der Waals surface area contributed by atoms with Gasteiger partial charge in [-0.05, 0) is 43.2 Å². The van der Waals surface area contributed by atoms with E-state index in [0.29, 0.717) is 18.0 Å². The SMILES string of the molecule is COc1ccccc1[C@H](C)NC(=O)COc1ccc(S(=O)(=O)NCC(C)C)cc1. The lowest BCUT2D eigenvalue weighted by Crippen LogP contribution is -2.31. The summed E-state index contributed by atoms with van der Waals surface area (Å²) in [4.78, 5) is 12.3. The van der Waals surface area contributed by atoms with Crippen LogP contribution in [0.25, 0.3) is 0 Å². The molecule has 7 nitrogen and oxygen atoms in total. The van der Waals surface area contributed by atoms with E-state index in [0.717, 1.165) is 5.56 Å². The minimum absolute atomic E-state index is 0.153. The second-order valence-corrected chi connectivity index (χ2v) is 8.80. The van der Waals surface area contributed by atoms with E-state index in [-0.39, 0.29) is 29.4 Å².